The maximum atomic E-state index is 14.1. The van der Waals surface area contributed by atoms with Crippen LogP contribution in [-0.4, -0.2) is 29.8 Å². The Kier molecular flexibility index (Phi) is 6.44. The van der Waals surface area contributed by atoms with E-state index in [0.717, 1.165) is 24.3 Å². The van der Waals surface area contributed by atoms with Gasteiger partial charge in [0.15, 0.2) is 0 Å². The first kappa shape index (κ1) is 26.5. The summed E-state index contributed by atoms with van der Waals surface area (Å²) in [6.45, 7) is 0. The van der Waals surface area contributed by atoms with Gasteiger partial charge in [-0.3, -0.25) is 4.79 Å². The van der Waals surface area contributed by atoms with Gasteiger partial charge in [0.1, 0.15) is 0 Å². The molecule has 1 aliphatic carbocycles. The van der Waals surface area contributed by atoms with E-state index in [9.17, 15) is 39.9 Å². The Morgan fingerprint density at radius 1 is 1.00 bits per heavy atom. The number of oxime groups is 1. The fourth-order valence-electron chi connectivity index (χ4n) is 4.03. The van der Waals surface area contributed by atoms with Crippen LogP contribution in [0, 0.1) is 0 Å². The zero-order valence-electron chi connectivity index (χ0n) is 17.7. The molecule has 4 rings (SSSR count). The van der Waals surface area contributed by atoms with Crippen molar-refractivity contribution >= 4 is 34.8 Å². The third kappa shape index (κ3) is 4.97. The number of halogens is 10. The summed E-state index contributed by atoms with van der Waals surface area (Å²) in [7, 11) is 0. The van der Waals surface area contributed by atoms with Crippen molar-refractivity contribution in [3.63, 3.8) is 0 Å². The van der Waals surface area contributed by atoms with Crippen molar-refractivity contribution in [2.45, 2.75) is 49.2 Å². The summed E-state index contributed by atoms with van der Waals surface area (Å²) < 4.78 is 110. The molecule has 1 amide bonds. The Balaban J connectivity index is 1.66. The summed E-state index contributed by atoms with van der Waals surface area (Å²) >= 11 is 11.7. The number of rotatable bonds is 4. The number of alkyl halides is 8. The minimum atomic E-state index is -5.09. The first-order valence-corrected chi connectivity index (χ1v) is 10.9. The second-order valence-electron chi connectivity index (χ2n) is 8.48. The lowest BCUT2D eigenvalue weighted by Crippen LogP contribution is -2.50. The van der Waals surface area contributed by atoms with Gasteiger partial charge in [-0.25, -0.2) is 8.78 Å². The highest BCUT2D eigenvalue weighted by Crippen LogP contribution is 2.50. The Morgan fingerprint density at radius 3 is 2.14 bits per heavy atom. The predicted octanol–water partition coefficient (Wildman–Crippen LogP) is 7.12. The van der Waals surface area contributed by atoms with Crippen molar-refractivity contribution in [3.05, 3.63) is 68.7 Å². The molecule has 2 aliphatic rings. The van der Waals surface area contributed by atoms with Gasteiger partial charge in [0, 0.05) is 46.5 Å². The normalized spacial score (nSPS) is 22.0. The average molecular weight is 561 g/mol. The van der Waals surface area contributed by atoms with E-state index >= 15 is 0 Å². The number of benzene rings is 2. The Hall–Kier alpha value is -2.60. The lowest BCUT2D eigenvalue weighted by atomic mass is 9.86. The molecule has 1 fully saturated rings. The number of nitrogens with zero attached hydrogens (tertiary/aromatic N) is 1. The first-order valence-electron chi connectivity index (χ1n) is 10.2. The first-order chi connectivity index (χ1) is 16.5. The van der Waals surface area contributed by atoms with Gasteiger partial charge in [0.05, 0.1) is 16.8 Å². The topological polar surface area (TPSA) is 50.7 Å². The molecule has 0 aromatic heterocycles. The zero-order chi connectivity index (χ0) is 26.7. The molecule has 1 saturated carbocycles. The van der Waals surface area contributed by atoms with Gasteiger partial charge in [-0.2, -0.15) is 26.3 Å². The molecule has 2 aromatic carbocycles. The summed E-state index contributed by atoms with van der Waals surface area (Å²) in [6, 6.07) is 4.28. The summed E-state index contributed by atoms with van der Waals surface area (Å²) in [6.07, 6.45) is -12.6. The number of hydrogen-bond acceptors (Lipinski definition) is 3. The molecule has 0 unspecified atom stereocenters. The highest BCUT2D eigenvalue weighted by atomic mass is 35.5. The molecule has 1 aliphatic heterocycles. The monoisotopic (exact) mass is 560 g/mol. The number of hydrogen-bond donors (Lipinski definition) is 1. The highest BCUT2D eigenvalue weighted by Gasteiger charge is 2.62. The summed E-state index contributed by atoms with van der Waals surface area (Å²) in [5, 5.41) is 5.26. The number of amides is 1. The Labute approximate surface area is 208 Å². The zero-order valence-corrected chi connectivity index (χ0v) is 19.2. The van der Waals surface area contributed by atoms with Gasteiger partial charge < -0.3 is 10.2 Å². The second-order valence-corrected chi connectivity index (χ2v) is 9.35. The fourth-order valence-corrected chi connectivity index (χ4v) is 4.55. The molecule has 0 bridgehead atoms. The summed E-state index contributed by atoms with van der Waals surface area (Å²) in [4.78, 5) is 17.1. The lowest BCUT2D eigenvalue weighted by molar-refractivity contribution is -0.275. The van der Waals surface area contributed by atoms with Crippen molar-refractivity contribution in [1.82, 2.24) is 5.32 Å². The average Bonchev–Trinajstić information content (AvgIpc) is 3.17. The van der Waals surface area contributed by atoms with E-state index in [0.29, 0.717) is 6.07 Å². The molecule has 1 atom stereocenters. The molecule has 14 heteroatoms. The number of carbonyl (C=O) groups is 1. The lowest BCUT2D eigenvalue weighted by Gasteiger charge is -2.35. The summed E-state index contributed by atoms with van der Waals surface area (Å²) in [5.74, 6) is -4.25. The Bertz CT molecular complexity index is 1220. The fraction of sp³-hybridized carbons (Fsp3) is 0.364. The van der Waals surface area contributed by atoms with Gasteiger partial charge in [-0.05, 0) is 30.3 Å². The van der Waals surface area contributed by atoms with Gasteiger partial charge in [0.25, 0.3) is 17.4 Å². The van der Waals surface area contributed by atoms with Crippen LogP contribution in [0.25, 0.3) is 0 Å². The number of nitrogens with one attached hydrogen (secondary N) is 1. The van der Waals surface area contributed by atoms with Gasteiger partial charge in [0.2, 0.25) is 0 Å². The molecular formula is C22H14Cl2F8N2O2. The smallest absolute Gasteiger partial charge is 0.374 e. The predicted molar refractivity (Wildman–Crippen MR) is 113 cm³/mol. The van der Waals surface area contributed by atoms with Gasteiger partial charge in [-0.15, -0.1) is 0 Å². The second kappa shape index (κ2) is 8.76. The molecule has 0 radical (unpaired) electrons. The Morgan fingerprint density at radius 2 is 1.61 bits per heavy atom. The maximum Gasteiger partial charge on any atom is 0.435 e. The van der Waals surface area contributed by atoms with E-state index in [4.69, 9.17) is 28.0 Å². The SMILES string of the molecule is O=C(NC1CC(F)(F)C1)c1ccc(C2=NO[C@](c3cc(Cl)cc(Cl)c3)(C(F)(F)F)C2)cc1C(F)(F)F. The van der Waals surface area contributed by atoms with E-state index < -0.39 is 77.5 Å². The van der Waals surface area contributed by atoms with E-state index in [2.05, 4.69) is 10.5 Å². The standard InChI is InChI=1S/C22H14Cl2F8N2O2/c23-12-4-11(5-13(24)6-12)20(22(30,31)32)9-17(34-36-20)10-1-2-15(16(3-10)21(27,28)29)18(35)33-14-7-19(25,26)8-14/h1-6,14H,7-9H2,(H,33,35)/t20-/m1/s1. The van der Waals surface area contributed by atoms with Crippen molar-refractivity contribution in [2.24, 2.45) is 5.16 Å². The van der Waals surface area contributed by atoms with Crippen molar-refractivity contribution in [3.8, 4) is 0 Å². The third-order valence-corrected chi connectivity index (χ3v) is 6.28. The minimum absolute atomic E-state index is 0.128. The molecule has 4 nitrogen and oxygen atoms in total. The van der Waals surface area contributed by atoms with Crippen molar-refractivity contribution in [1.29, 1.82) is 0 Å². The van der Waals surface area contributed by atoms with E-state index in [1.54, 1.807) is 0 Å². The van der Waals surface area contributed by atoms with E-state index in [-0.39, 0.29) is 15.6 Å². The molecule has 2 aromatic rings. The molecule has 1 N–H and O–H groups in total. The molecule has 0 spiro atoms. The van der Waals surface area contributed by atoms with Crippen LogP contribution in [0.3, 0.4) is 0 Å². The van der Waals surface area contributed by atoms with Crippen LogP contribution < -0.4 is 5.32 Å². The van der Waals surface area contributed by atoms with Gasteiger partial charge in [-0.1, -0.05) is 34.4 Å². The van der Waals surface area contributed by atoms with Gasteiger partial charge >= 0.3 is 12.4 Å². The van der Waals surface area contributed by atoms with Crippen LogP contribution in [0.1, 0.15) is 46.3 Å². The van der Waals surface area contributed by atoms with Crippen LogP contribution >= 0.6 is 23.2 Å². The van der Waals surface area contributed by atoms with Crippen LogP contribution in [0.15, 0.2) is 41.6 Å². The van der Waals surface area contributed by atoms with Crippen molar-refractivity contribution in [2.75, 3.05) is 0 Å². The van der Waals surface area contributed by atoms with Crippen LogP contribution in [0.5, 0.6) is 0 Å². The maximum absolute atomic E-state index is 14.1. The highest BCUT2D eigenvalue weighted by molar-refractivity contribution is 6.34. The molecule has 194 valence electrons. The minimum Gasteiger partial charge on any atom is -0.374 e. The summed E-state index contributed by atoms with van der Waals surface area (Å²) in [5.41, 5.74) is -6.77. The van der Waals surface area contributed by atoms with E-state index in [1.165, 1.54) is 6.07 Å². The molecular weight excluding hydrogens is 547 g/mol. The van der Waals surface area contributed by atoms with E-state index in [1.807, 2.05) is 0 Å². The quantitative estimate of drug-likeness (QED) is 0.405. The molecule has 0 saturated heterocycles. The largest absolute Gasteiger partial charge is 0.435 e. The van der Waals surface area contributed by atoms with Crippen molar-refractivity contribution < 1.29 is 44.8 Å². The van der Waals surface area contributed by atoms with Crippen LogP contribution in [0.4, 0.5) is 35.1 Å². The number of carbonyl (C=O) groups excluding carboxylic acids is 1. The third-order valence-electron chi connectivity index (χ3n) is 5.84. The molecule has 36 heavy (non-hydrogen) atoms. The molecule has 1 heterocycles. The van der Waals surface area contributed by atoms with Crippen LogP contribution in [0.2, 0.25) is 10.0 Å². The van der Waals surface area contributed by atoms with Crippen LogP contribution in [-0.2, 0) is 16.6 Å².